The first-order valence-corrected chi connectivity index (χ1v) is 12.0. The van der Waals surface area contributed by atoms with Crippen LogP contribution < -0.4 is 0 Å². The van der Waals surface area contributed by atoms with Gasteiger partial charge >= 0.3 is 5.97 Å². The van der Waals surface area contributed by atoms with E-state index >= 15 is 0 Å². The van der Waals surface area contributed by atoms with Gasteiger partial charge in [-0.3, -0.25) is 14.5 Å². The molecule has 1 N–H and O–H groups in total. The third-order valence-electron chi connectivity index (χ3n) is 4.66. The van der Waals surface area contributed by atoms with Crippen molar-refractivity contribution in [3.05, 3.63) is 71.3 Å². The molecule has 0 spiro atoms. The van der Waals surface area contributed by atoms with Gasteiger partial charge in [0.2, 0.25) is 0 Å². The molecule has 1 saturated heterocycles. The third-order valence-corrected chi connectivity index (χ3v) is 6.93. The Bertz CT molecular complexity index is 1200. The summed E-state index contributed by atoms with van der Waals surface area (Å²) in [5, 5.41) is 13.9. The fourth-order valence-corrected chi connectivity index (χ4v) is 5.13. The van der Waals surface area contributed by atoms with Gasteiger partial charge in [0.05, 0.1) is 16.3 Å². The number of aromatic nitrogens is 2. The Morgan fingerprint density at radius 3 is 2.56 bits per heavy atom. The van der Waals surface area contributed by atoms with Crippen LogP contribution in [0.2, 0.25) is 0 Å². The monoisotopic (exact) mass is 481 g/mol. The van der Waals surface area contributed by atoms with Crippen molar-refractivity contribution in [2.45, 2.75) is 11.8 Å². The lowest BCUT2D eigenvalue weighted by atomic mass is 10.1. The van der Waals surface area contributed by atoms with E-state index in [9.17, 15) is 9.59 Å². The van der Waals surface area contributed by atoms with Crippen LogP contribution in [0.4, 0.5) is 0 Å². The fraction of sp³-hybridized carbons (Fsp3) is 0.130. The van der Waals surface area contributed by atoms with Gasteiger partial charge in [0, 0.05) is 22.2 Å². The molecule has 0 aliphatic carbocycles. The lowest BCUT2D eigenvalue weighted by molar-refractivity contribution is -0.140. The molecule has 0 saturated carbocycles. The van der Waals surface area contributed by atoms with Crippen LogP contribution in [0.3, 0.4) is 0 Å². The van der Waals surface area contributed by atoms with E-state index in [1.165, 1.54) is 4.90 Å². The number of carbonyl (C=O) groups is 2. The molecule has 1 amide bonds. The molecule has 3 aromatic rings. The maximum absolute atomic E-state index is 12.8. The summed E-state index contributed by atoms with van der Waals surface area (Å²) in [4.78, 5) is 26.5. The highest BCUT2D eigenvalue weighted by molar-refractivity contribution is 8.26. The molecular weight excluding hydrogens is 462 g/mol. The van der Waals surface area contributed by atoms with E-state index in [2.05, 4.69) is 19.1 Å². The molecule has 0 unspecified atom stereocenters. The SMILES string of the molecule is CCSc1ccc(-c2nn(-c3ccccc3)cc2C=C2SC(=S)N(CC(=O)O)C2=O)cc1. The molecule has 0 bridgehead atoms. The van der Waals surface area contributed by atoms with E-state index in [0.29, 0.717) is 4.91 Å². The van der Waals surface area contributed by atoms with Crippen LogP contribution in [0.5, 0.6) is 0 Å². The Labute approximate surface area is 199 Å². The van der Waals surface area contributed by atoms with Crippen molar-refractivity contribution in [2.24, 2.45) is 0 Å². The van der Waals surface area contributed by atoms with E-state index in [4.69, 9.17) is 22.4 Å². The van der Waals surface area contributed by atoms with Crippen LogP contribution in [0.25, 0.3) is 23.0 Å². The molecule has 0 radical (unpaired) electrons. The largest absolute Gasteiger partial charge is 0.480 e. The van der Waals surface area contributed by atoms with Gasteiger partial charge in [-0.15, -0.1) is 11.8 Å². The average Bonchev–Trinajstić information content (AvgIpc) is 3.32. The topological polar surface area (TPSA) is 75.4 Å². The summed E-state index contributed by atoms with van der Waals surface area (Å²) in [5.74, 6) is -0.522. The van der Waals surface area contributed by atoms with Crippen LogP contribution in [0.1, 0.15) is 12.5 Å². The Kier molecular flexibility index (Phi) is 6.78. The van der Waals surface area contributed by atoms with E-state index in [1.807, 2.05) is 48.7 Å². The van der Waals surface area contributed by atoms with Gasteiger partial charge in [-0.2, -0.15) is 5.10 Å². The zero-order valence-corrected chi connectivity index (χ0v) is 19.5. The summed E-state index contributed by atoms with van der Waals surface area (Å²) < 4.78 is 2.01. The zero-order chi connectivity index (χ0) is 22.7. The first kappa shape index (κ1) is 22.3. The molecule has 1 aromatic heterocycles. The summed E-state index contributed by atoms with van der Waals surface area (Å²) in [5.41, 5.74) is 3.29. The molecule has 162 valence electrons. The number of thioether (sulfide) groups is 2. The highest BCUT2D eigenvalue weighted by Gasteiger charge is 2.33. The average molecular weight is 482 g/mol. The number of nitrogens with zero attached hydrogens (tertiary/aromatic N) is 3. The van der Waals surface area contributed by atoms with E-state index in [0.717, 1.165) is 44.9 Å². The second kappa shape index (κ2) is 9.72. The Hall–Kier alpha value is -2.88. The zero-order valence-electron chi connectivity index (χ0n) is 17.1. The van der Waals surface area contributed by atoms with Crippen LogP contribution in [-0.2, 0) is 9.59 Å². The number of carboxylic acid groups (broad SMARTS) is 1. The number of rotatable bonds is 7. The summed E-state index contributed by atoms with van der Waals surface area (Å²) in [6.07, 6.45) is 3.60. The van der Waals surface area contributed by atoms with E-state index in [1.54, 1.807) is 22.5 Å². The standard InChI is InChI=1S/C23H19N3O3S3/c1-2-31-18-10-8-15(9-11-18)21-16(13-26(24-21)17-6-4-3-5-7-17)12-19-22(29)25(14-20(27)28)23(30)32-19/h3-13H,2,14H2,1H3,(H,27,28). The maximum Gasteiger partial charge on any atom is 0.323 e. The number of para-hydroxylation sites is 1. The molecule has 4 rings (SSSR count). The van der Waals surface area contributed by atoms with Crippen molar-refractivity contribution < 1.29 is 14.7 Å². The third kappa shape index (κ3) is 4.79. The van der Waals surface area contributed by atoms with Gasteiger partial charge in [0.15, 0.2) is 0 Å². The molecule has 2 aromatic carbocycles. The second-order valence-corrected chi connectivity index (χ2v) is 9.85. The number of hydrogen-bond donors (Lipinski definition) is 1. The molecule has 1 aliphatic heterocycles. The molecule has 9 heteroatoms. The van der Waals surface area contributed by atoms with Crippen molar-refractivity contribution in [2.75, 3.05) is 12.3 Å². The Morgan fingerprint density at radius 2 is 1.91 bits per heavy atom. The number of carbonyl (C=O) groups excluding carboxylic acids is 1. The summed E-state index contributed by atoms with van der Waals surface area (Å²) in [6.45, 7) is 1.66. The number of benzene rings is 2. The fourth-order valence-electron chi connectivity index (χ4n) is 3.22. The normalized spacial score (nSPS) is 15.0. The Balaban J connectivity index is 1.76. The van der Waals surface area contributed by atoms with Crippen LogP contribution in [-0.4, -0.2) is 48.3 Å². The molecule has 32 heavy (non-hydrogen) atoms. The summed E-state index contributed by atoms with van der Waals surface area (Å²) in [6, 6.07) is 17.9. The number of carboxylic acids is 1. The number of thiocarbonyl (C=S) groups is 1. The van der Waals surface area contributed by atoms with Gasteiger partial charge in [-0.25, -0.2) is 4.68 Å². The van der Waals surface area contributed by atoms with Gasteiger partial charge in [0.1, 0.15) is 10.9 Å². The first-order valence-electron chi connectivity index (χ1n) is 9.81. The van der Waals surface area contributed by atoms with E-state index < -0.39 is 18.4 Å². The van der Waals surface area contributed by atoms with Crippen LogP contribution >= 0.6 is 35.7 Å². The Morgan fingerprint density at radius 1 is 1.19 bits per heavy atom. The molecule has 2 heterocycles. The number of amides is 1. The minimum absolute atomic E-state index is 0.238. The quantitative estimate of drug-likeness (QED) is 0.291. The molecule has 6 nitrogen and oxygen atoms in total. The van der Waals surface area contributed by atoms with Crippen molar-refractivity contribution in [1.82, 2.24) is 14.7 Å². The maximum atomic E-state index is 12.8. The number of hydrogen-bond acceptors (Lipinski definition) is 6. The van der Waals surface area contributed by atoms with Crippen molar-refractivity contribution in [3.8, 4) is 16.9 Å². The van der Waals surface area contributed by atoms with Gasteiger partial charge in [-0.1, -0.05) is 61.2 Å². The highest BCUT2D eigenvalue weighted by Crippen LogP contribution is 2.35. The smallest absolute Gasteiger partial charge is 0.323 e. The minimum Gasteiger partial charge on any atom is -0.480 e. The van der Waals surface area contributed by atoms with E-state index in [-0.39, 0.29) is 4.32 Å². The van der Waals surface area contributed by atoms with Gasteiger partial charge < -0.3 is 5.11 Å². The van der Waals surface area contributed by atoms with Crippen molar-refractivity contribution >= 4 is 58.0 Å². The second-order valence-electron chi connectivity index (χ2n) is 6.83. The molecular formula is C23H19N3O3S3. The number of aliphatic carboxylic acids is 1. The van der Waals surface area contributed by atoms with Crippen LogP contribution in [0, 0.1) is 0 Å². The van der Waals surface area contributed by atoms with Gasteiger partial charge in [-0.05, 0) is 36.1 Å². The highest BCUT2D eigenvalue weighted by atomic mass is 32.2. The predicted octanol–water partition coefficient (Wildman–Crippen LogP) is 4.94. The lowest BCUT2D eigenvalue weighted by Gasteiger charge is -2.10. The molecule has 1 fully saturated rings. The van der Waals surface area contributed by atoms with Crippen molar-refractivity contribution in [3.63, 3.8) is 0 Å². The molecule has 1 aliphatic rings. The summed E-state index contributed by atoms with van der Waals surface area (Å²) >= 11 is 8.08. The summed E-state index contributed by atoms with van der Waals surface area (Å²) in [7, 11) is 0. The predicted molar refractivity (Wildman–Crippen MR) is 133 cm³/mol. The van der Waals surface area contributed by atoms with Crippen molar-refractivity contribution in [1.29, 1.82) is 0 Å². The first-order chi connectivity index (χ1) is 15.5. The van der Waals surface area contributed by atoms with Gasteiger partial charge in [0.25, 0.3) is 5.91 Å². The van der Waals surface area contributed by atoms with Crippen LogP contribution in [0.15, 0.2) is 70.6 Å². The molecule has 0 atom stereocenters. The minimum atomic E-state index is -1.11. The lowest BCUT2D eigenvalue weighted by Crippen LogP contribution is -2.33.